The first-order valence-corrected chi connectivity index (χ1v) is 8.81. The van der Waals surface area contributed by atoms with E-state index in [2.05, 4.69) is 20.5 Å². The predicted molar refractivity (Wildman–Crippen MR) is 99.1 cm³/mol. The van der Waals surface area contributed by atoms with Gasteiger partial charge in [0, 0.05) is 36.9 Å². The molecule has 0 bridgehead atoms. The van der Waals surface area contributed by atoms with Crippen LogP contribution in [0.5, 0.6) is 5.75 Å². The molecule has 3 heterocycles. The van der Waals surface area contributed by atoms with Gasteiger partial charge in [-0.15, -0.1) is 0 Å². The molecule has 1 fully saturated rings. The van der Waals surface area contributed by atoms with Crippen molar-refractivity contribution in [2.75, 3.05) is 19.6 Å². The quantitative estimate of drug-likeness (QED) is 0.644. The van der Waals surface area contributed by atoms with Crippen LogP contribution in [0.2, 0.25) is 0 Å². The van der Waals surface area contributed by atoms with Gasteiger partial charge in [0.15, 0.2) is 17.2 Å². The Morgan fingerprint density at radius 3 is 2.93 bits per heavy atom. The number of halogens is 1. The Labute approximate surface area is 155 Å². The zero-order chi connectivity index (χ0) is 19.1. The summed E-state index contributed by atoms with van der Waals surface area (Å²) in [5, 5.41) is 20.5. The number of nitrogens with one attached hydrogen (secondary N) is 2. The maximum atomic E-state index is 13.8. The molecule has 1 aromatic carbocycles. The van der Waals surface area contributed by atoms with Crippen molar-refractivity contribution in [2.45, 2.75) is 19.9 Å². The largest absolute Gasteiger partial charge is 0.505 e. The number of H-pyrrole nitrogens is 1. The number of hydrogen-bond acceptors (Lipinski definition) is 5. The first-order valence-electron chi connectivity index (χ1n) is 8.81. The molecule has 0 saturated carbocycles. The van der Waals surface area contributed by atoms with Crippen LogP contribution in [0.15, 0.2) is 24.3 Å². The molecule has 1 unspecified atom stereocenters. The first kappa shape index (κ1) is 17.4. The van der Waals surface area contributed by atoms with Crippen LogP contribution >= 0.6 is 0 Å². The number of rotatable bonds is 2. The van der Waals surface area contributed by atoms with Gasteiger partial charge in [0.1, 0.15) is 0 Å². The van der Waals surface area contributed by atoms with Crippen LogP contribution in [0.25, 0.3) is 22.3 Å². The minimum absolute atomic E-state index is 0.0965. The lowest BCUT2D eigenvalue weighted by atomic mass is 10.0. The van der Waals surface area contributed by atoms with Crippen LogP contribution in [0.4, 0.5) is 4.39 Å². The molecule has 7 nitrogen and oxygen atoms in total. The van der Waals surface area contributed by atoms with E-state index in [4.69, 9.17) is 0 Å². The highest BCUT2D eigenvalue weighted by Gasteiger charge is 2.25. The zero-order valence-electron chi connectivity index (χ0n) is 15.1. The van der Waals surface area contributed by atoms with Crippen molar-refractivity contribution < 1.29 is 14.3 Å². The summed E-state index contributed by atoms with van der Waals surface area (Å²) >= 11 is 0. The Balaban J connectivity index is 1.84. The number of aromatic nitrogens is 3. The number of pyridine rings is 1. The number of nitrogens with zero attached hydrogens (tertiary/aromatic N) is 3. The lowest BCUT2D eigenvalue weighted by Gasteiger charge is -2.32. The van der Waals surface area contributed by atoms with E-state index >= 15 is 0 Å². The Kier molecular flexibility index (Phi) is 4.27. The van der Waals surface area contributed by atoms with Crippen molar-refractivity contribution in [1.29, 1.82) is 0 Å². The topological polar surface area (TPSA) is 94.1 Å². The Bertz CT molecular complexity index is 1030. The molecule has 3 N–H and O–H groups in total. The van der Waals surface area contributed by atoms with Crippen LogP contribution in [0.3, 0.4) is 0 Å². The second kappa shape index (κ2) is 6.62. The van der Waals surface area contributed by atoms with Crippen molar-refractivity contribution in [1.82, 2.24) is 25.4 Å². The highest BCUT2D eigenvalue weighted by atomic mass is 19.1. The monoisotopic (exact) mass is 369 g/mol. The molecule has 8 heteroatoms. The van der Waals surface area contributed by atoms with Gasteiger partial charge in [-0.2, -0.15) is 5.10 Å². The number of piperazine rings is 1. The summed E-state index contributed by atoms with van der Waals surface area (Å²) < 4.78 is 13.8. The molecule has 2 aromatic heterocycles. The molecule has 27 heavy (non-hydrogen) atoms. The summed E-state index contributed by atoms with van der Waals surface area (Å²) in [7, 11) is 0. The van der Waals surface area contributed by atoms with Crippen LogP contribution in [-0.2, 0) is 0 Å². The lowest BCUT2D eigenvalue weighted by molar-refractivity contribution is 0.0711. The van der Waals surface area contributed by atoms with E-state index in [0.717, 1.165) is 12.2 Å². The van der Waals surface area contributed by atoms with E-state index in [1.54, 1.807) is 12.1 Å². The molecule has 1 saturated heterocycles. The maximum absolute atomic E-state index is 13.8. The molecule has 1 aliphatic rings. The number of carbonyl (C=O) groups excluding carboxylic acids is 1. The number of hydrogen-bond donors (Lipinski definition) is 3. The number of benzene rings is 1. The molecule has 3 aromatic rings. The van der Waals surface area contributed by atoms with Gasteiger partial charge in [-0.3, -0.25) is 9.89 Å². The summed E-state index contributed by atoms with van der Waals surface area (Å²) in [5.74, 6) is -1.27. The molecule has 1 aliphatic heterocycles. The minimum Gasteiger partial charge on any atom is -0.505 e. The lowest BCUT2D eigenvalue weighted by Crippen LogP contribution is -2.51. The van der Waals surface area contributed by atoms with Crippen molar-refractivity contribution in [3.63, 3.8) is 0 Å². The number of aromatic hydroxyl groups is 1. The average Bonchev–Trinajstić information content (AvgIpc) is 3.04. The smallest absolute Gasteiger partial charge is 0.254 e. The summed E-state index contributed by atoms with van der Waals surface area (Å²) in [4.78, 5) is 19.5. The predicted octanol–water partition coefficient (Wildman–Crippen LogP) is 2.21. The fourth-order valence-corrected chi connectivity index (χ4v) is 3.44. The molecule has 0 spiro atoms. The highest BCUT2D eigenvalue weighted by molar-refractivity contribution is 6.07. The molecule has 0 aliphatic carbocycles. The van der Waals surface area contributed by atoms with Crippen molar-refractivity contribution in [3.05, 3.63) is 41.3 Å². The molecule has 1 atom stereocenters. The minimum atomic E-state index is -0.739. The highest BCUT2D eigenvalue weighted by Crippen LogP contribution is 2.29. The molecular formula is C19H20FN5O2. The number of aromatic amines is 1. The third kappa shape index (κ3) is 3.12. The van der Waals surface area contributed by atoms with Crippen LogP contribution in [0, 0.1) is 12.7 Å². The van der Waals surface area contributed by atoms with Gasteiger partial charge in [-0.1, -0.05) is 0 Å². The van der Waals surface area contributed by atoms with Gasteiger partial charge in [0.25, 0.3) is 5.91 Å². The summed E-state index contributed by atoms with van der Waals surface area (Å²) in [6.07, 6.45) is 0. The number of phenolic OH excluding ortho intramolecular Hbond substituents is 1. The normalized spacial score (nSPS) is 17.4. The molecule has 4 rings (SSSR count). The van der Waals surface area contributed by atoms with E-state index < -0.39 is 11.6 Å². The second-order valence-corrected chi connectivity index (χ2v) is 6.87. The van der Waals surface area contributed by atoms with Gasteiger partial charge in [0.05, 0.1) is 16.6 Å². The second-order valence-electron chi connectivity index (χ2n) is 6.87. The van der Waals surface area contributed by atoms with Crippen LogP contribution in [0.1, 0.15) is 23.0 Å². The number of amides is 1. The van der Waals surface area contributed by atoms with Crippen molar-refractivity contribution in [3.8, 4) is 17.0 Å². The fraction of sp³-hybridized carbons (Fsp3) is 0.316. The summed E-state index contributed by atoms with van der Waals surface area (Å²) in [5.41, 5.74) is 2.55. The number of fused-ring (bicyclic) bond motifs is 1. The summed E-state index contributed by atoms with van der Waals surface area (Å²) in [6, 6.07) is 5.92. The van der Waals surface area contributed by atoms with Gasteiger partial charge in [-0.05, 0) is 38.1 Å². The van der Waals surface area contributed by atoms with E-state index in [1.165, 1.54) is 12.1 Å². The fourth-order valence-electron chi connectivity index (χ4n) is 3.44. The van der Waals surface area contributed by atoms with E-state index in [-0.39, 0.29) is 11.9 Å². The molecule has 140 valence electrons. The average molecular weight is 369 g/mol. The van der Waals surface area contributed by atoms with Gasteiger partial charge >= 0.3 is 0 Å². The molecule has 0 radical (unpaired) electrons. The van der Waals surface area contributed by atoms with Gasteiger partial charge < -0.3 is 15.3 Å². The van der Waals surface area contributed by atoms with Crippen molar-refractivity contribution in [2.24, 2.45) is 0 Å². The van der Waals surface area contributed by atoms with E-state index in [0.29, 0.717) is 40.9 Å². The summed E-state index contributed by atoms with van der Waals surface area (Å²) in [6.45, 7) is 5.85. The van der Waals surface area contributed by atoms with Gasteiger partial charge in [-0.25, -0.2) is 9.37 Å². The SMILES string of the molecule is Cc1[nH]nc2nc(-c3ccc(O)c(F)c3)cc(C(=O)N3CCNC(C)C3)c12. The standard InChI is InChI=1S/C19H20FN5O2/c1-10-9-25(6-5-21-10)19(27)13-8-15(12-3-4-16(26)14(20)7-12)22-18-17(13)11(2)23-24-18/h3-4,7-8,10,21,26H,5-6,9H2,1-2H3,(H,22,23,24). The number of carbonyl (C=O) groups is 1. The Hall–Kier alpha value is -3.00. The Morgan fingerprint density at radius 1 is 1.37 bits per heavy atom. The maximum Gasteiger partial charge on any atom is 0.254 e. The number of aryl methyl sites for hydroxylation is 1. The van der Waals surface area contributed by atoms with E-state index in [9.17, 15) is 14.3 Å². The van der Waals surface area contributed by atoms with Gasteiger partial charge in [0.2, 0.25) is 0 Å². The number of phenols is 1. The third-order valence-corrected chi connectivity index (χ3v) is 4.83. The first-order chi connectivity index (χ1) is 12.9. The van der Waals surface area contributed by atoms with Crippen LogP contribution in [-0.4, -0.2) is 56.8 Å². The molecule has 1 amide bonds. The van der Waals surface area contributed by atoms with Crippen LogP contribution < -0.4 is 5.32 Å². The van der Waals surface area contributed by atoms with E-state index in [1.807, 2.05) is 18.7 Å². The Morgan fingerprint density at radius 2 is 2.19 bits per heavy atom. The van der Waals surface area contributed by atoms with Crippen molar-refractivity contribution >= 4 is 16.9 Å². The zero-order valence-corrected chi connectivity index (χ0v) is 15.1. The molecular weight excluding hydrogens is 349 g/mol. The third-order valence-electron chi connectivity index (χ3n) is 4.83.